The van der Waals surface area contributed by atoms with Crippen LogP contribution in [0.5, 0.6) is 0 Å². The van der Waals surface area contributed by atoms with Crippen LogP contribution in [-0.2, 0) is 31.1 Å². The van der Waals surface area contributed by atoms with Crippen molar-refractivity contribution in [3.63, 3.8) is 0 Å². The Bertz CT molecular complexity index is 1960. The van der Waals surface area contributed by atoms with Gasteiger partial charge in [0.05, 0.1) is 11.0 Å². The van der Waals surface area contributed by atoms with Crippen molar-refractivity contribution in [1.29, 1.82) is 0 Å². The first-order valence-corrected chi connectivity index (χ1v) is 21.6. The molecular formula is C47H61N3O6. The second-order valence-corrected chi connectivity index (χ2v) is 20.3. The average molecular weight is 764 g/mol. The van der Waals surface area contributed by atoms with Gasteiger partial charge in [0.25, 0.3) is 5.91 Å². The van der Waals surface area contributed by atoms with Crippen LogP contribution in [0.2, 0.25) is 0 Å². The van der Waals surface area contributed by atoms with E-state index in [0.29, 0.717) is 57.4 Å². The molecule has 0 saturated heterocycles. The Balaban J connectivity index is 0.877. The molecule has 4 N–H and O–H groups in total. The van der Waals surface area contributed by atoms with Gasteiger partial charge in [0.15, 0.2) is 0 Å². The van der Waals surface area contributed by atoms with Crippen molar-refractivity contribution in [3.8, 4) is 0 Å². The maximum absolute atomic E-state index is 14.9. The fraction of sp³-hybridized carbons (Fsp3) is 0.660. The van der Waals surface area contributed by atoms with Gasteiger partial charge in [-0.25, -0.2) is 4.79 Å². The molecule has 7 fully saturated rings. The largest absolute Gasteiger partial charge is 0.445 e. The Kier molecular flexibility index (Phi) is 8.37. The number of ether oxygens (including phenoxy) is 1. The summed E-state index contributed by atoms with van der Waals surface area (Å²) in [5.41, 5.74) is -1.13. The molecule has 11 unspecified atom stereocenters. The van der Waals surface area contributed by atoms with E-state index in [4.69, 9.17) is 4.74 Å². The number of nitrogens with one attached hydrogen (secondary N) is 3. The standard InChI is InChI=1S/C47H61N3O6/c1-6-40-23-44(34(51)35(52)48-29-41-24-43(32-17-13-10-14-18-32)28-47(55,26-41)37(41)43)27-46(25-40,36(40)44)49-38(53)42(7-2)19-20-45(8-3,33(42)21-30(4)5)50-39(54)56-22-31-15-11-9-12-16-31/h9-18,30,33,36-37,55H,6-8,19-29H2,1-5H3,(H,48,52)(H,49,53)(H,50,54). The molecule has 0 bridgehead atoms. The van der Waals surface area contributed by atoms with E-state index < -0.39 is 39.5 Å². The lowest BCUT2D eigenvalue weighted by Gasteiger charge is -2.86. The van der Waals surface area contributed by atoms with Gasteiger partial charge in [-0.15, -0.1) is 0 Å². The number of benzene rings is 2. The second kappa shape index (κ2) is 12.4. The van der Waals surface area contributed by atoms with Gasteiger partial charge >= 0.3 is 6.09 Å². The molecule has 0 heterocycles. The molecule has 56 heavy (non-hydrogen) atoms. The van der Waals surface area contributed by atoms with Crippen molar-refractivity contribution in [3.05, 3.63) is 71.8 Å². The highest BCUT2D eigenvalue weighted by atomic mass is 16.5. The van der Waals surface area contributed by atoms with Gasteiger partial charge in [-0.2, -0.15) is 0 Å². The van der Waals surface area contributed by atoms with E-state index >= 15 is 0 Å². The Morgan fingerprint density at radius 1 is 0.786 bits per heavy atom. The summed E-state index contributed by atoms with van der Waals surface area (Å²) in [6, 6.07) is 20.1. The van der Waals surface area contributed by atoms with Crippen LogP contribution in [0.4, 0.5) is 4.79 Å². The van der Waals surface area contributed by atoms with Gasteiger partial charge in [0, 0.05) is 40.3 Å². The summed E-state index contributed by atoms with van der Waals surface area (Å²) >= 11 is 0. The zero-order valence-electron chi connectivity index (χ0n) is 34.0. The van der Waals surface area contributed by atoms with Crippen molar-refractivity contribution in [1.82, 2.24) is 16.0 Å². The second-order valence-electron chi connectivity index (χ2n) is 20.3. The quantitative estimate of drug-likeness (QED) is 0.143. The predicted molar refractivity (Wildman–Crippen MR) is 212 cm³/mol. The lowest BCUT2D eigenvalue weighted by atomic mass is 9.18. The third-order valence-corrected chi connectivity index (χ3v) is 17.3. The Morgan fingerprint density at radius 3 is 2.14 bits per heavy atom. The maximum atomic E-state index is 14.9. The first-order chi connectivity index (χ1) is 26.7. The molecular weight excluding hydrogens is 703 g/mol. The van der Waals surface area contributed by atoms with E-state index in [1.807, 2.05) is 36.4 Å². The van der Waals surface area contributed by atoms with Crippen molar-refractivity contribution in [2.24, 2.45) is 45.3 Å². The summed E-state index contributed by atoms with van der Waals surface area (Å²) in [5.74, 6) is -0.488. The van der Waals surface area contributed by atoms with Gasteiger partial charge in [-0.1, -0.05) is 95.3 Å². The van der Waals surface area contributed by atoms with Crippen LogP contribution < -0.4 is 16.0 Å². The molecule has 11 atom stereocenters. The number of rotatable bonds is 15. The monoisotopic (exact) mass is 763 g/mol. The molecule has 7 aliphatic rings. The molecule has 2 aromatic rings. The number of carbonyl (C=O) groups is 4. The summed E-state index contributed by atoms with van der Waals surface area (Å²) in [7, 11) is 0. The molecule has 3 amide bonds. The van der Waals surface area contributed by atoms with E-state index in [9.17, 15) is 24.3 Å². The first kappa shape index (κ1) is 37.8. The Hall–Kier alpha value is -3.72. The van der Waals surface area contributed by atoms with Crippen LogP contribution in [0.3, 0.4) is 0 Å². The van der Waals surface area contributed by atoms with Crippen molar-refractivity contribution >= 4 is 23.7 Å². The van der Waals surface area contributed by atoms with Crippen LogP contribution in [0, 0.1) is 45.3 Å². The highest BCUT2D eigenvalue weighted by molar-refractivity contribution is 6.39. The number of carbonyl (C=O) groups excluding carboxylic acids is 4. The minimum Gasteiger partial charge on any atom is -0.445 e. The highest BCUT2D eigenvalue weighted by Crippen LogP contribution is 2.87. The zero-order valence-corrected chi connectivity index (χ0v) is 34.0. The average Bonchev–Trinajstić information content (AvgIpc) is 3.47. The van der Waals surface area contributed by atoms with Crippen LogP contribution in [0.15, 0.2) is 60.7 Å². The predicted octanol–water partition coefficient (Wildman–Crippen LogP) is 7.15. The van der Waals surface area contributed by atoms with Gasteiger partial charge in [0.2, 0.25) is 11.7 Å². The van der Waals surface area contributed by atoms with Crippen molar-refractivity contribution < 1.29 is 29.0 Å². The summed E-state index contributed by atoms with van der Waals surface area (Å²) in [6.45, 7) is 11.3. The summed E-state index contributed by atoms with van der Waals surface area (Å²) in [5, 5.41) is 21.2. The van der Waals surface area contributed by atoms with Crippen LogP contribution in [0.25, 0.3) is 0 Å². The number of aliphatic hydroxyl groups is 1. The minimum absolute atomic E-state index is 0.0179. The highest BCUT2D eigenvalue weighted by Gasteiger charge is 2.89. The maximum Gasteiger partial charge on any atom is 0.407 e. The molecule has 9 heteroatoms. The Morgan fingerprint density at radius 2 is 1.50 bits per heavy atom. The number of ketones is 1. The van der Waals surface area contributed by atoms with Crippen molar-refractivity contribution in [2.75, 3.05) is 6.54 Å². The van der Waals surface area contributed by atoms with E-state index in [1.54, 1.807) is 0 Å². The molecule has 7 aliphatic carbocycles. The first-order valence-electron chi connectivity index (χ1n) is 21.6. The van der Waals surface area contributed by atoms with Gasteiger partial charge in [0.1, 0.15) is 6.61 Å². The molecule has 300 valence electrons. The van der Waals surface area contributed by atoms with Crippen LogP contribution >= 0.6 is 0 Å². The van der Waals surface area contributed by atoms with Crippen LogP contribution in [-0.4, -0.2) is 52.0 Å². The number of Topliss-reactive ketones (excluding diaryl/α,β-unsaturated/α-hetero) is 1. The lowest BCUT2D eigenvalue weighted by Crippen LogP contribution is -2.92. The van der Waals surface area contributed by atoms with Crippen molar-refractivity contribution in [2.45, 2.75) is 140 Å². The van der Waals surface area contributed by atoms with E-state index in [0.717, 1.165) is 37.7 Å². The molecule has 9 nitrogen and oxygen atoms in total. The number of hydrogen-bond acceptors (Lipinski definition) is 6. The van der Waals surface area contributed by atoms with Gasteiger partial charge in [-0.3, -0.25) is 14.4 Å². The summed E-state index contributed by atoms with van der Waals surface area (Å²) < 4.78 is 5.72. The summed E-state index contributed by atoms with van der Waals surface area (Å²) in [4.78, 5) is 56.3. The topological polar surface area (TPSA) is 134 Å². The van der Waals surface area contributed by atoms with E-state index in [1.165, 1.54) is 5.56 Å². The third kappa shape index (κ3) is 4.81. The molecule has 0 aliphatic heterocycles. The fourth-order valence-corrected chi connectivity index (χ4v) is 15.7. The smallest absolute Gasteiger partial charge is 0.407 e. The zero-order chi connectivity index (χ0) is 39.6. The molecule has 2 aromatic carbocycles. The minimum atomic E-state index is -0.725. The molecule has 9 rings (SSSR count). The molecule has 0 radical (unpaired) electrons. The Labute approximate surface area is 331 Å². The molecule has 0 aromatic heterocycles. The number of amides is 3. The van der Waals surface area contributed by atoms with E-state index in [2.05, 4.69) is 74.8 Å². The van der Waals surface area contributed by atoms with Gasteiger partial charge in [-0.05, 0) is 111 Å². The number of alkyl carbamates (subject to hydrolysis) is 1. The summed E-state index contributed by atoms with van der Waals surface area (Å²) in [6.07, 6.45) is 8.37. The van der Waals surface area contributed by atoms with Crippen LogP contribution in [0.1, 0.15) is 123 Å². The van der Waals surface area contributed by atoms with E-state index in [-0.39, 0.29) is 52.3 Å². The molecule has 0 spiro atoms. The lowest BCUT2D eigenvalue weighted by molar-refractivity contribution is -0.379. The SMILES string of the molecule is CCC12CC3(NC(=O)C4(CC)CCC(CC)(NC(=O)OCc5ccccc5)C4CC(C)C)CC(C(=O)C(=O)NCC45CC6(O)CC(c7ccccc7)(C4)C65)(C1)C23. The van der Waals surface area contributed by atoms with Gasteiger partial charge < -0.3 is 25.8 Å². The fourth-order valence-electron chi connectivity index (χ4n) is 15.7. The number of hydrogen-bond donors (Lipinski definition) is 4. The normalized spacial score (nSPS) is 42.8. The third-order valence-electron chi connectivity index (χ3n) is 17.3. The molecule has 7 saturated carbocycles.